The van der Waals surface area contributed by atoms with E-state index in [1.807, 2.05) is 24.3 Å². The van der Waals surface area contributed by atoms with Crippen molar-refractivity contribution in [3.8, 4) is 0 Å². The lowest BCUT2D eigenvalue weighted by molar-refractivity contribution is 0.0689. The van der Waals surface area contributed by atoms with Crippen molar-refractivity contribution in [2.75, 3.05) is 6.54 Å². The number of nitrogens with zero attached hydrogens (tertiary/aromatic N) is 3. The standard InChI is InChI=1S/C12H13BrN4O2/c13-9-4-2-1-3-8(9)7-17-10(5-6-14)11(12(18)19)15-16-17/h1-4H,5-7,14H2,(H,18,19). The zero-order valence-electron chi connectivity index (χ0n) is 10.1. The molecule has 100 valence electrons. The van der Waals surface area contributed by atoms with Crippen molar-refractivity contribution < 1.29 is 9.90 Å². The molecule has 0 saturated heterocycles. The van der Waals surface area contributed by atoms with Gasteiger partial charge in [-0.05, 0) is 18.2 Å². The van der Waals surface area contributed by atoms with Gasteiger partial charge in [-0.1, -0.05) is 39.3 Å². The molecule has 1 aromatic carbocycles. The average Bonchev–Trinajstić information content (AvgIpc) is 2.76. The summed E-state index contributed by atoms with van der Waals surface area (Å²) in [6.07, 6.45) is 0.430. The first-order valence-corrected chi connectivity index (χ1v) is 6.52. The maximum absolute atomic E-state index is 11.1. The third-order valence-electron chi connectivity index (χ3n) is 2.70. The molecule has 3 N–H and O–H groups in total. The van der Waals surface area contributed by atoms with Crippen molar-refractivity contribution in [1.29, 1.82) is 0 Å². The van der Waals surface area contributed by atoms with Crippen molar-refractivity contribution in [2.45, 2.75) is 13.0 Å². The van der Waals surface area contributed by atoms with Crippen LogP contribution in [0.3, 0.4) is 0 Å². The fraction of sp³-hybridized carbons (Fsp3) is 0.250. The molecule has 19 heavy (non-hydrogen) atoms. The highest BCUT2D eigenvalue weighted by Crippen LogP contribution is 2.18. The summed E-state index contributed by atoms with van der Waals surface area (Å²) in [7, 11) is 0. The predicted octanol–water partition coefficient (Wildman–Crippen LogP) is 1.29. The number of hydrogen-bond acceptors (Lipinski definition) is 4. The van der Waals surface area contributed by atoms with Gasteiger partial charge in [-0.2, -0.15) is 0 Å². The van der Waals surface area contributed by atoms with E-state index in [2.05, 4.69) is 26.2 Å². The minimum atomic E-state index is -1.08. The number of halogens is 1. The number of carboxylic acid groups (broad SMARTS) is 1. The summed E-state index contributed by atoms with van der Waals surface area (Å²) in [6, 6.07) is 7.70. The first kappa shape index (κ1) is 13.7. The highest BCUT2D eigenvalue weighted by molar-refractivity contribution is 9.10. The van der Waals surface area contributed by atoms with Crippen LogP contribution < -0.4 is 5.73 Å². The summed E-state index contributed by atoms with van der Waals surface area (Å²) in [6.45, 7) is 0.806. The molecule has 7 heteroatoms. The lowest BCUT2D eigenvalue weighted by atomic mass is 10.2. The fourth-order valence-corrected chi connectivity index (χ4v) is 2.21. The second-order valence-electron chi connectivity index (χ2n) is 3.98. The van der Waals surface area contributed by atoms with Gasteiger partial charge in [0.15, 0.2) is 5.69 Å². The SMILES string of the molecule is NCCc1c(C(=O)O)nnn1Cc1ccccc1Br. The summed E-state index contributed by atoms with van der Waals surface area (Å²) in [5.41, 5.74) is 7.03. The third-order valence-corrected chi connectivity index (χ3v) is 3.47. The molecule has 2 rings (SSSR count). The first-order valence-electron chi connectivity index (χ1n) is 5.72. The molecule has 0 fully saturated rings. The molecule has 1 aromatic heterocycles. The van der Waals surface area contributed by atoms with Crippen LogP contribution in [0.4, 0.5) is 0 Å². The Hall–Kier alpha value is -1.73. The van der Waals surface area contributed by atoms with Gasteiger partial charge in [-0.25, -0.2) is 9.48 Å². The molecular weight excluding hydrogens is 312 g/mol. The molecule has 6 nitrogen and oxygen atoms in total. The molecule has 0 atom stereocenters. The Morgan fingerprint density at radius 3 is 2.79 bits per heavy atom. The van der Waals surface area contributed by atoms with Gasteiger partial charge in [-0.3, -0.25) is 0 Å². The second kappa shape index (κ2) is 5.94. The molecule has 0 radical (unpaired) electrons. The van der Waals surface area contributed by atoms with Crippen LogP contribution in [0.1, 0.15) is 21.7 Å². The van der Waals surface area contributed by atoms with E-state index in [0.717, 1.165) is 10.0 Å². The number of hydrogen-bond donors (Lipinski definition) is 2. The summed E-state index contributed by atoms with van der Waals surface area (Å²) in [5.74, 6) is -1.08. The predicted molar refractivity (Wildman–Crippen MR) is 73.0 cm³/mol. The summed E-state index contributed by atoms with van der Waals surface area (Å²) >= 11 is 3.45. The van der Waals surface area contributed by atoms with Gasteiger partial charge in [0.25, 0.3) is 0 Å². The molecule has 1 heterocycles. The van der Waals surface area contributed by atoms with E-state index in [9.17, 15) is 4.79 Å². The smallest absolute Gasteiger partial charge is 0.358 e. The average molecular weight is 325 g/mol. The molecular formula is C12H13BrN4O2. The quantitative estimate of drug-likeness (QED) is 0.864. The Morgan fingerprint density at radius 2 is 2.16 bits per heavy atom. The van der Waals surface area contributed by atoms with Crippen molar-refractivity contribution in [3.63, 3.8) is 0 Å². The van der Waals surface area contributed by atoms with E-state index in [1.165, 1.54) is 0 Å². The minimum Gasteiger partial charge on any atom is -0.476 e. The lowest BCUT2D eigenvalue weighted by Gasteiger charge is -2.07. The molecule has 0 aliphatic rings. The summed E-state index contributed by atoms with van der Waals surface area (Å²) in [4.78, 5) is 11.1. The Morgan fingerprint density at radius 1 is 1.42 bits per heavy atom. The summed E-state index contributed by atoms with van der Waals surface area (Å²) in [5, 5.41) is 16.7. The van der Waals surface area contributed by atoms with Crippen LogP contribution >= 0.6 is 15.9 Å². The van der Waals surface area contributed by atoms with Gasteiger partial charge >= 0.3 is 5.97 Å². The number of aromatic carboxylic acids is 1. The van der Waals surface area contributed by atoms with E-state index in [4.69, 9.17) is 10.8 Å². The minimum absolute atomic E-state index is 0.0301. The maximum Gasteiger partial charge on any atom is 0.358 e. The topological polar surface area (TPSA) is 94.0 Å². The van der Waals surface area contributed by atoms with Crippen LogP contribution in [0, 0.1) is 0 Å². The Balaban J connectivity index is 2.35. The van der Waals surface area contributed by atoms with Crippen LogP contribution in [-0.4, -0.2) is 32.6 Å². The highest BCUT2D eigenvalue weighted by atomic mass is 79.9. The van der Waals surface area contributed by atoms with Crippen LogP contribution in [0.25, 0.3) is 0 Å². The van der Waals surface area contributed by atoms with Crippen molar-refractivity contribution in [1.82, 2.24) is 15.0 Å². The number of aromatic nitrogens is 3. The number of carbonyl (C=O) groups is 1. The number of nitrogens with two attached hydrogens (primary N) is 1. The van der Waals surface area contributed by atoms with Gasteiger partial charge in [0.1, 0.15) is 0 Å². The molecule has 0 bridgehead atoms. The van der Waals surface area contributed by atoms with E-state index < -0.39 is 5.97 Å². The van der Waals surface area contributed by atoms with Crippen molar-refractivity contribution >= 4 is 21.9 Å². The lowest BCUT2D eigenvalue weighted by Crippen LogP contribution is -2.14. The number of rotatable bonds is 5. The molecule has 0 aliphatic carbocycles. The number of carboxylic acids is 1. The normalized spacial score (nSPS) is 10.6. The van der Waals surface area contributed by atoms with Gasteiger partial charge in [0.2, 0.25) is 0 Å². The van der Waals surface area contributed by atoms with Gasteiger partial charge in [0.05, 0.1) is 12.2 Å². The summed E-state index contributed by atoms with van der Waals surface area (Å²) < 4.78 is 2.53. The Kier molecular flexibility index (Phi) is 4.28. The molecule has 0 spiro atoms. The Labute approximate surface area is 118 Å². The van der Waals surface area contributed by atoms with Crippen LogP contribution in [0.2, 0.25) is 0 Å². The van der Waals surface area contributed by atoms with Crippen LogP contribution in [-0.2, 0) is 13.0 Å². The first-order chi connectivity index (χ1) is 9.13. The third kappa shape index (κ3) is 2.99. The van der Waals surface area contributed by atoms with Crippen molar-refractivity contribution in [2.24, 2.45) is 5.73 Å². The van der Waals surface area contributed by atoms with Crippen LogP contribution in [0.5, 0.6) is 0 Å². The van der Waals surface area contributed by atoms with E-state index >= 15 is 0 Å². The Bertz CT molecular complexity index is 597. The molecule has 0 amide bonds. The van der Waals surface area contributed by atoms with Gasteiger partial charge < -0.3 is 10.8 Å². The van der Waals surface area contributed by atoms with E-state index in [-0.39, 0.29) is 5.69 Å². The largest absolute Gasteiger partial charge is 0.476 e. The van der Waals surface area contributed by atoms with Gasteiger partial charge in [0, 0.05) is 10.9 Å². The van der Waals surface area contributed by atoms with Crippen LogP contribution in [0.15, 0.2) is 28.7 Å². The zero-order valence-corrected chi connectivity index (χ0v) is 11.7. The number of benzene rings is 1. The monoisotopic (exact) mass is 324 g/mol. The second-order valence-corrected chi connectivity index (χ2v) is 4.83. The fourth-order valence-electron chi connectivity index (χ4n) is 1.80. The van der Waals surface area contributed by atoms with Gasteiger partial charge in [-0.15, -0.1) is 5.10 Å². The van der Waals surface area contributed by atoms with E-state index in [1.54, 1.807) is 4.68 Å². The van der Waals surface area contributed by atoms with Crippen molar-refractivity contribution in [3.05, 3.63) is 45.7 Å². The van der Waals surface area contributed by atoms with E-state index in [0.29, 0.717) is 25.2 Å². The molecule has 0 saturated carbocycles. The highest BCUT2D eigenvalue weighted by Gasteiger charge is 2.18. The zero-order chi connectivity index (χ0) is 13.8. The molecule has 0 unspecified atom stereocenters. The molecule has 0 aliphatic heterocycles. The maximum atomic E-state index is 11.1. The molecule has 2 aromatic rings.